The summed E-state index contributed by atoms with van der Waals surface area (Å²) in [4.78, 5) is 28.5. The van der Waals surface area contributed by atoms with Crippen LogP contribution in [0.1, 0.15) is 26.7 Å². The van der Waals surface area contributed by atoms with E-state index in [0.29, 0.717) is 6.42 Å². The summed E-state index contributed by atoms with van der Waals surface area (Å²) >= 11 is 0. The third-order valence-electron chi connectivity index (χ3n) is 2.42. The van der Waals surface area contributed by atoms with E-state index < -0.39 is 29.7 Å². The number of hydrogen-bond donors (Lipinski definition) is 6. The van der Waals surface area contributed by atoms with Crippen molar-refractivity contribution in [1.82, 2.24) is 0 Å². The van der Waals surface area contributed by atoms with Gasteiger partial charge in [-0.2, -0.15) is 0 Å². The van der Waals surface area contributed by atoms with Gasteiger partial charge in [-0.1, -0.05) is 13.5 Å². The van der Waals surface area contributed by atoms with Crippen molar-refractivity contribution in [2.45, 2.75) is 26.7 Å². The van der Waals surface area contributed by atoms with Crippen molar-refractivity contribution in [2.24, 2.45) is 5.41 Å². The lowest BCUT2D eigenvalue weighted by Crippen LogP contribution is -2.32. The Morgan fingerprint density at radius 3 is 1.18 bits per heavy atom. The van der Waals surface area contributed by atoms with Crippen molar-refractivity contribution in [3.63, 3.8) is 0 Å². The maximum absolute atomic E-state index is 9.60. The van der Waals surface area contributed by atoms with Crippen LogP contribution in [-0.4, -0.2) is 68.4 Å². The van der Waals surface area contributed by atoms with E-state index in [-0.39, 0.29) is 25.4 Å². The molecule has 22 heavy (non-hydrogen) atoms. The third-order valence-corrected chi connectivity index (χ3v) is 2.42. The lowest BCUT2D eigenvalue weighted by Gasteiger charge is -2.24. The fourth-order valence-corrected chi connectivity index (χ4v) is 0.615. The summed E-state index contributed by atoms with van der Waals surface area (Å²) in [5.41, 5.74) is -0.491. The molecular formula is C13H24O9. The van der Waals surface area contributed by atoms with Gasteiger partial charge in [-0.15, -0.1) is 0 Å². The summed E-state index contributed by atoms with van der Waals surface area (Å²) in [5.74, 6) is -3.56. The molecule has 0 rings (SSSR count). The summed E-state index contributed by atoms with van der Waals surface area (Å²) in [6.07, 6.45) is -0.212. The molecule has 0 saturated carbocycles. The molecule has 0 atom stereocenters. The number of aliphatic hydroxyl groups excluding tert-OH is 3. The zero-order chi connectivity index (χ0) is 18.3. The molecule has 0 unspecified atom stereocenters. The SMILES string of the molecule is C=C(C)C(=O)O.CCC(CO)(CO)CO.O=C(O)CC(=O)O. The largest absolute Gasteiger partial charge is 0.481 e. The maximum Gasteiger partial charge on any atom is 0.330 e. The minimum Gasteiger partial charge on any atom is -0.481 e. The Morgan fingerprint density at radius 2 is 1.18 bits per heavy atom. The van der Waals surface area contributed by atoms with Gasteiger partial charge in [0.1, 0.15) is 6.42 Å². The van der Waals surface area contributed by atoms with Crippen molar-refractivity contribution in [2.75, 3.05) is 19.8 Å². The minimum atomic E-state index is -1.31. The molecule has 6 N–H and O–H groups in total. The van der Waals surface area contributed by atoms with E-state index in [4.69, 9.17) is 30.6 Å². The smallest absolute Gasteiger partial charge is 0.330 e. The first-order valence-corrected chi connectivity index (χ1v) is 6.16. The molecule has 130 valence electrons. The van der Waals surface area contributed by atoms with Crippen LogP contribution < -0.4 is 0 Å². The molecule has 0 radical (unpaired) electrons. The first kappa shape index (κ1) is 25.0. The van der Waals surface area contributed by atoms with E-state index in [2.05, 4.69) is 6.58 Å². The van der Waals surface area contributed by atoms with Gasteiger partial charge in [0.05, 0.1) is 19.8 Å². The van der Waals surface area contributed by atoms with Gasteiger partial charge in [-0.05, 0) is 13.3 Å². The van der Waals surface area contributed by atoms with E-state index >= 15 is 0 Å². The number of aliphatic hydroxyl groups is 3. The van der Waals surface area contributed by atoms with Gasteiger partial charge < -0.3 is 30.6 Å². The summed E-state index contributed by atoms with van der Waals surface area (Å²) in [5, 5.41) is 49.3. The molecule has 0 amide bonds. The predicted octanol–water partition coefficient (Wildman–Crippen LogP) is -0.447. The lowest BCUT2D eigenvalue weighted by atomic mass is 9.88. The van der Waals surface area contributed by atoms with E-state index in [1.54, 1.807) is 0 Å². The van der Waals surface area contributed by atoms with Crippen LogP contribution >= 0.6 is 0 Å². The normalized spacial score (nSPS) is 9.50. The van der Waals surface area contributed by atoms with Gasteiger partial charge in [-0.25, -0.2) is 4.79 Å². The molecule has 0 aromatic heterocycles. The molecule has 0 bridgehead atoms. The Morgan fingerprint density at radius 1 is 0.909 bits per heavy atom. The molecule has 9 heteroatoms. The zero-order valence-corrected chi connectivity index (χ0v) is 12.7. The highest BCUT2D eigenvalue weighted by molar-refractivity contribution is 5.88. The maximum atomic E-state index is 9.60. The molecule has 0 aliphatic heterocycles. The Labute approximate surface area is 128 Å². The average molecular weight is 324 g/mol. The quantitative estimate of drug-likeness (QED) is 0.268. The minimum absolute atomic E-state index is 0.156. The fourth-order valence-electron chi connectivity index (χ4n) is 0.615. The second-order valence-corrected chi connectivity index (χ2v) is 4.38. The molecule has 0 saturated heterocycles. The van der Waals surface area contributed by atoms with Gasteiger partial charge >= 0.3 is 17.9 Å². The van der Waals surface area contributed by atoms with E-state index in [1.807, 2.05) is 6.92 Å². The molecule has 0 heterocycles. The van der Waals surface area contributed by atoms with Gasteiger partial charge in [0, 0.05) is 11.0 Å². The van der Waals surface area contributed by atoms with Crippen LogP contribution in [0.25, 0.3) is 0 Å². The Bertz CT molecular complexity index is 317. The highest BCUT2D eigenvalue weighted by Crippen LogP contribution is 2.18. The molecule has 0 aromatic carbocycles. The molecule has 9 nitrogen and oxygen atoms in total. The highest BCUT2D eigenvalue weighted by atomic mass is 16.4. The number of aliphatic carboxylic acids is 3. The monoisotopic (exact) mass is 324 g/mol. The topological polar surface area (TPSA) is 173 Å². The van der Waals surface area contributed by atoms with Gasteiger partial charge in [0.2, 0.25) is 0 Å². The second kappa shape index (κ2) is 14.0. The molecule has 0 aliphatic rings. The summed E-state index contributed by atoms with van der Waals surface area (Å²) in [6, 6.07) is 0. The molecule has 0 fully saturated rings. The van der Waals surface area contributed by atoms with Crippen molar-refractivity contribution < 1.29 is 45.0 Å². The standard InChI is InChI=1S/C6H14O3.C4H6O2.C3H4O4/c1-2-6(3-7,4-8)5-9;1-3(2)4(5)6;4-2(5)1-3(6)7/h7-9H,2-5H2,1H3;1H2,2H3,(H,5,6);1H2,(H,4,5)(H,6,7). The molecule has 0 spiro atoms. The van der Waals surface area contributed by atoms with Crippen LogP contribution in [0.3, 0.4) is 0 Å². The van der Waals surface area contributed by atoms with Crippen molar-refractivity contribution >= 4 is 17.9 Å². The fraction of sp³-hybridized carbons (Fsp3) is 0.615. The lowest BCUT2D eigenvalue weighted by molar-refractivity contribution is -0.147. The first-order chi connectivity index (χ1) is 10.0. The molecule has 0 aromatic rings. The van der Waals surface area contributed by atoms with Gasteiger partial charge in [-0.3, -0.25) is 9.59 Å². The van der Waals surface area contributed by atoms with Crippen LogP contribution in [0.2, 0.25) is 0 Å². The first-order valence-electron chi connectivity index (χ1n) is 6.16. The van der Waals surface area contributed by atoms with E-state index in [1.165, 1.54) is 6.92 Å². The number of hydrogen-bond acceptors (Lipinski definition) is 6. The average Bonchev–Trinajstić information content (AvgIpc) is 2.41. The number of rotatable bonds is 7. The summed E-state index contributed by atoms with van der Waals surface area (Å²) < 4.78 is 0. The second-order valence-electron chi connectivity index (χ2n) is 4.38. The molecule has 0 aliphatic carbocycles. The van der Waals surface area contributed by atoms with Crippen molar-refractivity contribution in [3.8, 4) is 0 Å². The van der Waals surface area contributed by atoms with Crippen LogP contribution in [-0.2, 0) is 14.4 Å². The van der Waals surface area contributed by atoms with Crippen LogP contribution in [0.5, 0.6) is 0 Å². The Balaban J connectivity index is -0.000000252. The third kappa shape index (κ3) is 16.1. The van der Waals surface area contributed by atoms with Gasteiger partial charge in [0.15, 0.2) is 0 Å². The number of carboxylic acids is 3. The van der Waals surface area contributed by atoms with Crippen LogP contribution in [0.4, 0.5) is 0 Å². The van der Waals surface area contributed by atoms with Crippen LogP contribution in [0, 0.1) is 5.41 Å². The zero-order valence-electron chi connectivity index (χ0n) is 12.7. The van der Waals surface area contributed by atoms with E-state index in [0.717, 1.165) is 0 Å². The van der Waals surface area contributed by atoms with E-state index in [9.17, 15) is 14.4 Å². The highest BCUT2D eigenvalue weighted by Gasteiger charge is 2.24. The van der Waals surface area contributed by atoms with Crippen LogP contribution in [0.15, 0.2) is 12.2 Å². The van der Waals surface area contributed by atoms with Crippen molar-refractivity contribution in [3.05, 3.63) is 12.2 Å². The predicted molar refractivity (Wildman–Crippen MR) is 76.3 cm³/mol. The summed E-state index contributed by atoms with van der Waals surface area (Å²) in [6.45, 7) is 5.96. The Kier molecular flexibility index (Phi) is 15.9. The summed E-state index contributed by atoms with van der Waals surface area (Å²) in [7, 11) is 0. The number of carbonyl (C=O) groups is 3. The van der Waals surface area contributed by atoms with Gasteiger partial charge in [0.25, 0.3) is 0 Å². The number of carboxylic acid groups (broad SMARTS) is 3. The Hall–Kier alpha value is -1.97. The van der Waals surface area contributed by atoms with Crippen molar-refractivity contribution in [1.29, 1.82) is 0 Å². The molecular weight excluding hydrogens is 300 g/mol.